The lowest BCUT2D eigenvalue weighted by molar-refractivity contribution is 0.102. The van der Waals surface area contributed by atoms with E-state index in [0.29, 0.717) is 5.69 Å². The Labute approximate surface area is 142 Å². The van der Waals surface area contributed by atoms with Crippen LogP contribution in [-0.2, 0) is 0 Å². The molecule has 0 radical (unpaired) electrons. The summed E-state index contributed by atoms with van der Waals surface area (Å²) in [6.07, 6.45) is 4.23. The molecule has 1 fully saturated rings. The fourth-order valence-corrected chi connectivity index (χ4v) is 2.80. The maximum atomic E-state index is 12.4. The molecule has 5 heteroatoms. The zero-order valence-electron chi connectivity index (χ0n) is 14.2. The van der Waals surface area contributed by atoms with Gasteiger partial charge in [-0.1, -0.05) is 0 Å². The topological polar surface area (TPSA) is 54.5 Å². The first-order chi connectivity index (χ1) is 11.6. The van der Waals surface area contributed by atoms with Crippen molar-refractivity contribution >= 4 is 17.3 Å². The highest BCUT2D eigenvalue weighted by Crippen LogP contribution is 2.21. The van der Waals surface area contributed by atoms with Gasteiger partial charge >= 0.3 is 0 Å². The predicted molar refractivity (Wildman–Crippen MR) is 95.8 cm³/mol. The number of hydrogen-bond donors (Lipinski definition) is 1. The van der Waals surface area contributed by atoms with Crippen LogP contribution in [0.2, 0.25) is 0 Å². The zero-order valence-corrected chi connectivity index (χ0v) is 14.2. The molecule has 1 aliphatic heterocycles. The van der Waals surface area contributed by atoms with Crippen molar-refractivity contribution in [2.75, 3.05) is 23.3 Å². The molecule has 0 atom stereocenters. The molecule has 3 rings (SSSR count). The molecule has 1 amide bonds. The molecule has 1 aliphatic rings. The van der Waals surface area contributed by atoms with Crippen molar-refractivity contribution in [1.29, 1.82) is 0 Å². The zero-order chi connectivity index (χ0) is 16.9. The third-order valence-corrected chi connectivity index (χ3v) is 3.93. The highest BCUT2D eigenvalue weighted by Gasteiger charge is 2.15. The van der Waals surface area contributed by atoms with Crippen LogP contribution >= 0.6 is 0 Å². The van der Waals surface area contributed by atoms with Crippen LogP contribution in [0.1, 0.15) is 37.2 Å². The number of amides is 1. The smallest absolute Gasteiger partial charge is 0.274 e. The number of anilines is 2. The highest BCUT2D eigenvalue weighted by atomic mass is 16.5. The Hall–Kier alpha value is -2.56. The van der Waals surface area contributed by atoms with E-state index in [1.54, 1.807) is 6.20 Å². The minimum absolute atomic E-state index is 0.128. The van der Waals surface area contributed by atoms with Crippen molar-refractivity contribution in [3.8, 4) is 5.75 Å². The largest absolute Gasteiger partial charge is 0.491 e. The molecule has 2 aromatic rings. The van der Waals surface area contributed by atoms with Crippen LogP contribution < -0.4 is 15.0 Å². The molecule has 1 saturated heterocycles. The summed E-state index contributed by atoms with van der Waals surface area (Å²) in [6.45, 7) is 6.05. The van der Waals surface area contributed by atoms with E-state index in [1.165, 1.54) is 12.8 Å². The highest BCUT2D eigenvalue weighted by molar-refractivity contribution is 6.03. The summed E-state index contributed by atoms with van der Waals surface area (Å²) < 4.78 is 5.60. The molecule has 24 heavy (non-hydrogen) atoms. The van der Waals surface area contributed by atoms with E-state index in [-0.39, 0.29) is 12.0 Å². The Morgan fingerprint density at radius 3 is 2.54 bits per heavy atom. The first-order valence-electron chi connectivity index (χ1n) is 8.41. The van der Waals surface area contributed by atoms with Crippen molar-refractivity contribution in [2.24, 2.45) is 0 Å². The van der Waals surface area contributed by atoms with Crippen LogP contribution in [0, 0.1) is 0 Å². The molecule has 1 N–H and O–H groups in total. The van der Waals surface area contributed by atoms with Crippen LogP contribution in [0.3, 0.4) is 0 Å². The fourth-order valence-electron chi connectivity index (χ4n) is 2.80. The van der Waals surface area contributed by atoms with Gasteiger partial charge in [-0.2, -0.15) is 0 Å². The number of benzene rings is 1. The second kappa shape index (κ2) is 7.34. The third kappa shape index (κ3) is 4.04. The summed E-state index contributed by atoms with van der Waals surface area (Å²) >= 11 is 0. The minimum Gasteiger partial charge on any atom is -0.491 e. The van der Waals surface area contributed by atoms with Crippen LogP contribution in [0.4, 0.5) is 11.4 Å². The van der Waals surface area contributed by atoms with Crippen molar-refractivity contribution in [3.63, 3.8) is 0 Å². The monoisotopic (exact) mass is 325 g/mol. The summed E-state index contributed by atoms with van der Waals surface area (Å²) in [7, 11) is 0. The number of nitrogens with zero attached hydrogens (tertiary/aromatic N) is 2. The lowest BCUT2D eigenvalue weighted by atomic mass is 10.2. The molecule has 0 saturated carbocycles. The first kappa shape index (κ1) is 16.3. The predicted octanol–water partition coefficient (Wildman–Crippen LogP) is 3.72. The lowest BCUT2D eigenvalue weighted by Gasteiger charge is -2.17. The number of hydrogen-bond acceptors (Lipinski definition) is 4. The normalized spacial score (nSPS) is 14.0. The van der Waals surface area contributed by atoms with Crippen LogP contribution in [0.25, 0.3) is 0 Å². The maximum Gasteiger partial charge on any atom is 0.274 e. The van der Waals surface area contributed by atoms with Gasteiger partial charge < -0.3 is 15.0 Å². The second-order valence-electron chi connectivity index (χ2n) is 6.24. The second-order valence-corrected chi connectivity index (χ2v) is 6.24. The average Bonchev–Trinajstić information content (AvgIpc) is 3.11. The quantitative estimate of drug-likeness (QED) is 0.910. The molecule has 0 spiro atoms. The summed E-state index contributed by atoms with van der Waals surface area (Å²) in [5.41, 5.74) is 2.22. The van der Waals surface area contributed by atoms with Crippen molar-refractivity contribution in [2.45, 2.75) is 32.8 Å². The van der Waals surface area contributed by atoms with Gasteiger partial charge in [-0.05, 0) is 63.1 Å². The van der Waals surface area contributed by atoms with Crippen molar-refractivity contribution < 1.29 is 9.53 Å². The van der Waals surface area contributed by atoms with Gasteiger partial charge in [0, 0.05) is 30.7 Å². The molecular formula is C19H23N3O2. The Balaban J connectivity index is 1.67. The number of pyridine rings is 1. The van der Waals surface area contributed by atoms with E-state index in [0.717, 1.165) is 30.2 Å². The maximum absolute atomic E-state index is 12.4. The van der Waals surface area contributed by atoms with Gasteiger partial charge in [0.15, 0.2) is 0 Å². The molecule has 0 unspecified atom stereocenters. The number of carbonyl (C=O) groups excluding carboxylic acids is 1. The van der Waals surface area contributed by atoms with Crippen molar-refractivity contribution in [3.05, 3.63) is 48.3 Å². The van der Waals surface area contributed by atoms with Gasteiger partial charge in [0.25, 0.3) is 5.91 Å². The molecule has 5 nitrogen and oxygen atoms in total. The van der Waals surface area contributed by atoms with Crippen molar-refractivity contribution in [1.82, 2.24) is 4.98 Å². The Morgan fingerprint density at radius 2 is 1.88 bits per heavy atom. The van der Waals surface area contributed by atoms with E-state index in [4.69, 9.17) is 4.74 Å². The molecule has 126 valence electrons. The van der Waals surface area contributed by atoms with E-state index in [2.05, 4.69) is 15.2 Å². The van der Waals surface area contributed by atoms with Gasteiger partial charge in [-0.3, -0.25) is 9.78 Å². The van der Waals surface area contributed by atoms with Gasteiger partial charge in [-0.25, -0.2) is 0 Å². The number of ether oxygens (including phenoxy) is 1. The van der Waals surface area contributed by atoms with E-state index in [1.807, 2.05) is 50.2 Å². The number of nitrogens with one attached hydrogen (secondary N) is 1. The van der Waals surface area contributed by atoms with Gasteiger partial charge in [-0.15, -0.1) is 0 Å². The molecule has 1 aromatic heterocycles. The molecule has 2 heterocycles. The summed E-state index contributed by atoms with van der Waals surface area (Å²) in [5.74, 6) is 0.589. The first-order valence-corrected chi connectivity index (χ1v) is 8.41. The number of aromatic nitrogens is 1. The Kier molecular flexibility index (Phi) is 4.99. The molecule has 0 bridgehead atoms. The van der Waals surface area contributed by atoms with E-state index >= 15 is 0 Å². The van der Waals surface area contributed by atoms with Gasteiger partial charge in [0.1, 0.15) is 11.4 Å². The average molecular weight is 325 g/mol. The Bertz CT molecular complexity index is 692. The standard InChI is InChI=1S/C19H23N3O2/c1-14(2)24-17-7-5-15(6-8-17)21-19(23)18-13-16(9-10-20-18)22-11-3-4-12-22/h5-10,13-14H,3-4,11-12H2,1-2H3,(H,21,23). The van der Waals surface area contributed by atoms with E-state index in [9.17, 15) is 4.79 Å². The molecular weight excluding hydrogens is 302 g/mol. The lowest BCUT2D eigenvalue weighted by Crippen LogP contribution is -2.19. The summed E-state index contributed by atoms with van der Waals surface area (Å²) in [6, 6.07) is 11.2. The Morgan fingerprint density at radius 1 is 1.17 bits per heavy atom. The molecule has 1 aromatic carbocycles. The third-order valence-electron chi connectivity index (χ3n) is 3.93. The molecule has 0 aliphatic carbocycles. The van der Waals surface area contributed by atoms with Gasteiger partial charge in [0.05, 0.1) is 6.10 Å². The van der Waals surface area contributed by atoms with E-state index < -0.39 is 0 Å². The van der Waals surface area contributed by atoms with Crippen LogP contribution in [-0.4, -0.2) is 30.1 Å². The van der Waals surface area contributed by atoms with Gasteiger partial charge in [0.2, 0.25) is 0 Å². The van der Waals surface area contributed by atoms with Crippen LogP contribution in [0.15, 0.2) is 42.6 Å². The number of rotatable bonds is 5. The minimum atomic E-state index is -0.200. The number of carbonyl (C=O) groups is 1. The van der Waals surface area contributed by atoms with Crippen LogP contribution in [0.5, 0.6) is 5.75 Å². The summed E-state index contributed by atoms with van der Waals surface area (Å²) in [4.78, 5) is 18.9. The summed E-state index contributed by atoms with van der Waals surface area (Å²) in [5, 5.41) is 2.88. The fraction of sp³-hybridized carbons (Fsp3) is 0.368. The SMILES string of the molecule is CC(C)Oc1ccc(NC(=O)c2cc(N3CCCC3)ccn2)cc1.